The first-order chi connectivity index (χ1) is 17.2. The number of benzene rings is 2. The molecule has 0 spiro atoms. The molecule has 4 N–H and O–H groups in total. The zero-order valence-electron chi connectivity index (χ0n) is 20.9. The third kappa shape index (κ3) is 5.81. The van der Waals surface area contributed by atoms with Gasteiger partial charge in [0.1, 0.15) is 11.1 Å². The number of anilines is 2. The van der Waals surface area contributed by atoms with E-state index in [9.17, 15) is 9.90 Å². The lowest BCUT2D eigenvalue weighted by atomic mass is 9.88. The summed E-state index contributed by atoms with van der Waals surface area (Å²) in [7, 11) is 0. The van der Waals surface area contributed by atoms with E-state index in [-0.39, 0.29) is 11.3 Å². The molecule has 0 fully saturated rings. The maximum atomic E-state index is 12.9. The van der Waals surface area contributed by atoms with E-state index in [2.05, 4.69) is 60.7 Å². The highest BCUT2D eigenvalue weighted by atomic mass is 32.1. The predicted molar refractivity (Wildman–Crippen MR) is 147 cm³/mol. The van der Waals surface area contributed by atoms with Crippen molar-refractivity contribution in [1.82, 2.24) is 19.2 Å². The molecule has 0 saturated heterocycles. The van der Waals surface area contributed by atoms with Crippen molar-refractivity contribution in [3.8, 4) is 5.69 Å². The fourth-order valence-electron chi connectivity index (χ4n) is 3.62. The minimum Gasteiger partial charge on any atom is -0.370 e. The Bertz CT molecular complexity index is 1360. The van der Waals surface area contributed by atoms with Gasteiger partial charge in [-0.25, -0.2) is 9.36 Å². The number of carbonyl (C=O) groups is 1. The normalized spacial score (nSPS) is 13.4. The van der Waals surface area contributed by atoms with Crippen LogP contribution in [0.3, 0.4) is 0 Å². The molecule has 0 radical (unpaired) electrons. The second kappa shape index (κ2) is 10.6. The topological polar surface area (TPSA) is 104 Å². The number of aromatic nitrogens is 3. The van der Waals surface area contributed by atoms with Gasteiger partial charge in [-0.3, -0.25) is 14.7 Å². The molecule has 188 valence electrons. The summed E-state index contributed by atoms with van der Waals surface area (Å²) in [4.78, 5) is 18.1. The molecule has 2 heterocycles. The van der Waals surface area contributed by atoms with Crippen molar-refractivity contribution < 1.29 is 9.90 Å². The maximum Gasteiger partial charge on any atom is 0.269 e. The van der Waals surface area contributed by atoms with E-state index in [0.29, 0.717) is 29.1 Å². The first-order valence-electron chi connectivity index (χ1n) is 11.8. The summed E-state index contributed by atoms with van der Waals surface area (Å²) in [5, 5.41) is 19.4. The SMILES string of the molecule is C=CC(O)Nc1cccc(-n2c(NC(=O)c3ccns3)nc3cc(CN[C@@H](C)C(C)(C)C)ccc32)c1. The summed E-state index contributed by atoms with van der Waals surface area (Å²) in [5.74, 6) is 0.129. The Balaban J connectivity index is 1.72. The van der Waals surface area contributed by atoms with Crippen LogP contribution >= 0.6 is 11.5 Å². The van der Waals surface area contributed by atoms with Gasteiger partial charge in [0, 0.05) is 24.5 Å². The third-order valence-corrected chi connectivity index (χ3v) is 6.90. The van der Waals surface area contributed by atoms with Crippen molar-refractivity contribution >= 4 is 40.1 Å². The quantitative estimate of drug-likeness (QED) is 0.185. The molecular formula is C27H32N6O2S. The number of rotatable bonds is 9. The van der Waals surface area contributed by atoms with Gasteiger partial charge in [0.25, 0.3) is 5.91 Å². The molecule has 2 aromatic heterocycles. The van der Waals surface area contributed by atoms with E-state index in [1.54, 1.807) is 12.3 Å². The van der Waals surface area contributed by atoms with Crippen LogP contribution in [-0.4, -0.2) is 37.2 Å². The highest BCUT2D eigenvalue weighted by Crippen LogP contribution is 2.28. The number of nitrogens with one attached hydrogen (secondary N) is 3. The summed E-state index contributed by atoms with van der Waals surface area (Å²) in [6.45, 7) is 13.1. The van der Waals surface area contributed by atoms with Gasteiger partial charge in [-0.2, -0.15) is 0 Å². The molecule has 2 aromatic carbocycles. The van der Waals surface area contributed by atoms with Crippen molar-refractivity contribution in [3.05, 3.63) is 77.8 Å². The molecule has 4 aromatic rings. The minimum absolute atomic E-state index is 0.151. The number of amides is 1. The summed E-state index contributed by atoms with van der Waals surface area (Å²) in [5.41, 5.74) is 4.36. The van der Waals surface area contributed by atoms with Crippen molar-refractivity contribution in [2.75, 3.05) is 10.6 Å². The van der Waals surface area contributed by atoms with Crippen molar-refractivity contribution in [3.63, 3.8) is 0 Å². The molecule has 9 heteroatoms. The smallest absolute Gasteiger partial charge is 0.269 e. The molecule has 0 aliphatic heterocycles. The Morgan fingerprint density at radius 1 is 1.22 bits per heavy atom. The monoisotopic (exact) mass is 504 g/mol. The van der Waals surface area contributed by atoms with Gasteiger partial charge in [0.2, 0.25) is 5.95 Å². The lowest BCUT2D eigenvalue weighted by molar-refractivity contribution is 0.102. The van der Waals surface area contributed by atoms with Gasteiger partial charge in [0.05, 0.1) is 16.7 Å². The van der Waals surface area contributed by atoms with Gasteiger partial charge in [0.15, 0.2) is 0 Å². The fraction of sp³-hybridized carbons (Fsp3) is 0.296. The summed E-state index contributed by atoms with van der Waals surface area (Å²) < 4.78 is 5.92. The van der Waals surface area contributed by atoms with Crippen LogP contribution in [0.1, 0.15) is 42.9 Å². The summed E-state index contributed by atoms with van der Waals surface area (Å²) in [6, 6.07) is 15.7. The van der Waals surface area contributed by atoms with Crippen molar-refractivity contribution in [2.45, 2.75) is 46.5 Å². The van der Waals surface area contributed by atoms with Crippen LogP contribution in [-0.2, 0) is 6.54 Å². The standard InChI is InChI=1S/C27H32N6O2S/c1-6-24(34)30-19-8-7-9-20(15-19)33-22-11-10-18(16-28-17(2)27(3,4)5)14-21(22)31-26(33)32-25(35)23-12-13-29-36-23/h6-15,17,24,28,30,34H,1,16H2,2-5H3,(H,31,32,35)/t17-,24?/m0/s1. The van der Waals surface area contributed by atoms with E-state index in [1.165, 1.54) is 6.08 Å². The number of imidazole rings is 1. The molecule has 0 saturated carbocycles. The van der Waals surface area contributed by atoms with E-state index < -0.39 is 6.23 Å². The van der Waals surface area contributed by atoms with E-state index >= 15 is 0 Å². The largest absolute Gasteiger partial charge is 0.370 e. The number of hydrogen-bond donors (Lipinski definition) is 4. The molecule has 0 bridgehead atoms. The zero-order chi connectivity index (χ0) is 25.9. The lowest BCUT2D eigenvalue weighted by Crippen LogP contribution is -2.37. The van der Waals surface area contributed by atoms with Crippen LogP contribution in [0, 0.1) is 5.41 Å². The molecule has 1 unspecified atom stereocenters. The molecule has 8 nitrogen and oxygen atoms in total. The van der Waals surface area contributed by atoms with Gasteiger partial charge in [-0.05, 0) is 71.9 Å². The number of aliphatic hydroxyl groups is 1. The fourth-order valence-corrected chi connectivity index (χ4v) is 4.11. The average Bonchev–Trinajstić information content (AvgIpc) is 3.49. The molecular weight excluding hydrogens is 472 g/mol. The average molecular weight is 505 g/mol. The van der Waals surface area contributed by atoms with Crippen molar-refractivity contribution in [1.29, 1.82) is 0 Å². The second-order valence-corrected chi connectivity index (χ2v) is 10.6. The van der Waals surface area contributed by atoms with Gasteiger partial charge in [-0.1, -0.05) is 39.5 Å². The van der Waals surface area contributed by atoms with Gasteiger partial charge >= 0.3 is 0 Å². The van der Waals surface area contributed by atoms with E-state index in [1.807, 2.05) is 41.0 Å². The summed E-state index contributed by atoms with van der Waals surface area (Å²) >= 11 is 1.13. The highest BCUT2D eigenvalue weighted by Gasteiger charge is 2.20. The molecule has 2 atom stereocenters. The van der Waals surface area contributed by atoms with Crippen LogP contribution in [0.2, 0.25) is 0 Å². The van der Waals surface area contributed by atoms with Crippen LogP contribution in [0.5, 0.6) is 0 Å². The van der Waals surface area contributed by atoms with Crippen LogP contribution in [0.15, 0.2) is 67.4 Å². The van der Waals surface area contributed by atoms with Gasteiger partial charge < -0.3 is 15.7 Å². The van der Waals surface area contributed by atoms with Gasteiger partial charge in [-0.15, -0.1) is 0 Å². The Labute approximate surface area is 215 Å². The molecule has 1 amide bonds. The Morgan fingerprint density at radius 2 is 2.03 bits per heavy atom. The number of nitrogens with zero attached hydrogens (tertiary/aromatic N) is 3. The zero-order valence-corrected chi connectivity index (χ0v) is 21.8. The Hall–Kier alpha value is -3.53. The number of fused-ring (bicyclic) bond motifs is 1. The van der Waals surface area contributed by atoms with Crippen molar-refractivity contribution in [2.24, 2.45) is 5.41 Å². The Kier molecular flexibility index (Phi) is 7.53. The molecule has 4 rings (SSSR count). The molecule has 0 aliphatic rings. The highest BCUT2D eigenvalue weighted by molar-refractivity contribution is 7.08. The number of aliphatic hydroxyl groups excluding tert-OH is 1. The number of hydrogen-bond acceptors (Lipinski definition) is 7. The molecule has 0 aliphatic carbocycles. The number of carbonyl (C=O) groups excluding carboxylic acids is 1. The van der Waals surface area contributed by atoms with E-state index in [4.69, 9.17) is 4.98 Å². The first-order valence-corrected chi connectivity index (χ1v) is 12.6. The second-order valence-electron chi connectivity index (χ2n) is 9.77. The minimum atomic E-state index is -0.879. The maximum absolute atomic E-state index is 12.9. The first kappa shape index (κ1) is 25.6. The van der Waals surface area contributed by atoms with E-state index in [0.717, 1.165) is 33.8 Å². The van der Waals surface area contributed by atoms with Crippen LogP contribution < -0.4 is 16.0 Å². The van der Waals surface area contributed by atoms with Crippen LogP contribution in [0.4, 0.5) is 11.6 Å². The Morgan fingerprint density at radius 3 is 2.72 bits per heavy atom. The third-order valence-electron chi connectivity index (χ3n) is 6.16. The summed E-state index contributed by atoms with van der Waals surface area (Å²) in [6.07, 6.45) is 2.13. The predicted octanol–water partition coefficient (Wildman–Crippen LogP) is 5.17. The molecule has 36 heavy (non-hydrogen) atoms. The lowest BCUT2D eigenvalue weighted by Gasteiger charge is -2.28. The van der Waals surface area contributed by atoms with Crippen LogP contribution in [0.25, 0.3) is 16.7 Å².